The fourth-order valence-electron chi connectivity index (χ4n) is 1.59. The fraction of sp³-hybridized carbons (Fsp3) is 0.167. The highest BCUT2D eigenvalue weighted by Gasteiger charge is 2.09. The quantitative estimate of drug-likeness (QED) is 0.783. The Morgan fingerprint density at radius 1 is 1.38 bits per heavy atom. The molecule has 0 aliphatic rings. The Morgan fingerprint density at radius 2 is 2.19 bits per heavy atom. The van der Waals surface area contributed by atoms with Gasteiger partial charge in [0.05, 0.1) is 18.9 Å². The van der Waals surface area contributed by atoms with E-state index < -0.39 is 0 Å². The highest BCUT2D eigenvalue weighted by molar-refractivity contribution is 5.91. The van der Waals surface area contributed by atoms with Crippen LogP contribution in [0.25, 0.3) is 11.1 Å². The number of carbonyl (C=O) groups is 1. The highest BCUT2D eigenvalue weighted by atomic mass is 16.5. The molecule has 2 rings (SSSR count). The lowest BCUT2D eigenvalue weighted by atomic mass is 10.0. The van der Waals surface area contributed by atoms with Crippen molar-refractivity contribution >= 4 is 5.97 Å². The summed E-state index contributed by atoms with van der Waals surface area (Å²) in [5, 5.41) is 6.64. The number of H-pyrrole nitrogens is 1. The maximum absolute atomic E-state index is 11.4. The van der Waals surface area contributed by atoms with E-state index in [1.807, 2.05) is 25.3 Å². The van der Waals surface area contributed by atoms with Crippen LogP contribution in [0.1, 0.15) is 15.9 Å². The number of rotatable bonds is 2. The number of benzene rings is 1. The average molecular weight is 216 g/mol. The van der Waals surface area contributed by atoms with Crippen LogP contribution in [0.2, 0.25) is 0 Å². The third kappa shape index (κ3) is 1.82. The third-order valence-corrected chi connectivity index (χ3v) is 2.46. The van der Waals surface area contributed by atoms with Crippen molar-refractivity contribution in [2.45, 2.75) is 6.92 Å². The lowest BCUT2D eigenvalue weighted by Gasteiger charge is -2.05. The molecule has 0 radical (unpaired) electrons. The van der Waals surface area contributed by atoms with Crippen LogP contribution in [0.15, 0.2) is 30.6 Å². The SMILES string of the molecule is COC(=O)c1ccc(-c2cn[nH]c2)cc1C. The van der Waals surface area contributed by atoms with Crippen molar-refractivity contribution in [3.05, 3.63) is 41.7 Å². The number of nitrogens with zero attached hydrogens (tertiary/aromatic N) is 1. The van der Waals surface area contributed by atoms with E-state index in [2.05, 4.69) is 10.2 Å². The number of esters is 1. The smallest absolute Gasteiger partial charge is 0.338 e. The Balaban J connectivity index is 2.41. The van der Waals surface area contributed by atoms with Crippen molar-refractivity contribution in [1.82, 2.24) is 10.2 Å². The zero-order chi connectivity index (χ0) is 11.5. The van der Waals surface area contributed by atoms with Gasteiger partial charge in [0.2, 0.25) is 0 Å². The van der Waals surface area contributed by atoms with Crippen LogP contribution in [0.4, 0.5) is 0 Å². The van der Waals surface area contributed by atoms with E-state index in [0.717, 1.165) is 16.7 Å². The molecule has 1 aromatic carbocycles. The maximum atomic E-state index is 11.4. The van der Waals surface area contributed by atoms with Gasteiger partial charge in [-0.15, -0.1) is 0 Å². The van der Waals surface area contributed by atoms with E-state index in [-0.39, 0.29) is 5.97 Å². The van der Waals surface area contributed by atoms with Gasteiger partial charge in [-0.3, -0.25) is 5.10 Å². The number of aromatic amines is 1. The molecule has 0 unspecified atom stereocenters. The predicted octanol–water partition coefficient (Wildman–Crippen LogP) is 2.17. The zero-order valence-corrected chi connectivity index (χ0v) is 9.15. The molecule has 4 heteroatoms. The standard InChI is InChI=1S/C12H12N2O2/c1-8-5-9(10-6-13-14-7-10)3-4-11(8)12(15)16-2/h3-7H,1-2H3,(H,13,14). The number of aryl methyl sites for hydroxylation is 1. The van der Waals surface area contributed by atoms with Crippen LogP contribution in [-0.4, -0.2) is 23.3 Å². The predicted molar refractivity (Wildman–Crippen MR) is 60.1 cm³/mol. The number of hydrogen-bond donors (Lipinski definition) is 1. The number of nitrogens with one attached hydrogen (secondary N) is 1. The topological polar surface area (TPSA) is 55.0 Å². The molecule has 0 saturated carbocycles. The minimum atomic E-state index is -0.309. The Hall–Kier alpha value is -2.10. The molecule has 1 aromatic heterocycles. The number of hydrogen-bond acceptors (Lipinski definition) is 3. The number of aromatic nitrogens is 2. The summed E-state index contributed by atoms with van der Waals surface area (Å²) >= 11 is 0. The molecule has 0 bridgehead atoms. The molecule has 0 spiro atoms. The van der Waals surface area contributed by atoms with Crippen molar-refractivity contribution in [2.75, 3.05) is 7.11 Å². The summed E-state index contributed by atoms with van der Waals surface area (Å²) in [4.78, 5) is 11.4. The highest BCUT2D eigenvalue weighted by Crippen LogP contribution is 2.21. The first kappa shape index (κ1) is 10.4. The van der Waals surface area contributed by atoms with Gasteiger partial charge in [-0.1, -0.05) is 12.1 Å². The normalized spacial score (nSPS) is 10.1. The molecule has 2 aromatic rings. The molecule has 0 atom stereocenters. The number of carbonyl (C=O) groups excluding carboxylic acids is 1. The summed E-state index contributed by atoms with van der Waals surface area (Å²) in [6.45, 7) is 1.88. The molecule has 0 aliphatic heterocycles. The summed E-state index contributed by atoms with van der Waals surface area (Å²) in [6.07, 6.45) is 3.55. The maximum Gasteiger partial charge on any atom is 0.338 e. The van der Waals surface area contributed by atoms with E-state index in [0.29, 0.717) is 5.56 Å². The van der Waals surface area contributed by atoms with Crippen LogP contribution >= 0.6 is 0 Å². The van der Waals surface area contributed by atoms with Crippen LogP contribution in [-0.2, 0) is 4.74 Å². The van der Waals surface area contributed by atoms with Gasteiger partial charge < -0.3 is 4.74 Å². The van der Waals surface area contributed by atoms with Gasteiger partial charge in [0.1, 0.15) is 0 Å². The van der Waals surface area contributed by atoms with Crippen LogP contribution in [0.3, 0.4) is 0 Å². The van der Waals surface area contributed by atoms with Crippen molar-refractivity contribution in [3.63, 3.8) is 0 Å². The number of methoxy groups -OCH3 is 1. The molecule has 1 heterocycles. The van der Waals surface area contributed by atoms with Gasteiger partial charge in [-0.25, -0.2) is 4.79 Å². The van der Waals surface area contributed by atoms with Crippen molar-refractivity contribution in [3.8, 4) is 11.1 Å². The van der Waals surface area contributed by atoms with Gasteiger partial charge >= 0.3 is 5.97 Å². The summed E-state index contributed by atoms with van der Waals surface area (Å²) in [6, 6.07) is 5.59. The Labute approximate surface area is 93.3 Å². The minimum Gasteiger partial charge on any atom is -0.465 e. The van der Waals surface area contributed by atoms with E-state index >= 15 is 0 Å². The van der Waals surface area contributed by atoms with Gasteiger partial charge in [0.15, 0.2) is 0 Å². The van der Waals surface area contributed by atoms with E-state index in [4.69, 9.17) is 4.74 Å². The second-order valence-electron chi connectivity index (χ2n) is 3.51. The lowest BCUT2D eigenvalue weighted by molar-refractivity contribution is 0.0600. The zero-order valence-electron chi connectivity index (χ0n) is 9.15. The molecule has 0 aliphatic carbocycles. The average Bonchev–Trinajstić information content (AvgIpc) is 2.81. The summed E-state index contributed by atoms with van der Waals surface area (Å²) in [7, 11) is 1.38. The van der Waals surface area contributed by atoms with Crippen LogP contribution in [0, 0.1) is 6.92 Å². The van der Waals surface area contributed by atoms with E-state index in [1.165, 1.54) is 7.11 Å². The lowest BCUT2D eigenvalue weighted by Crippen LogP contribution is -2.03. The second kappa shape index (κ2) is 4.18. The minimum absolute atomic E-state index is 0.309. The third-order valence-electron chi connectivity index (χ3n) is 2.46. The molecule has 16 heavy (non-hydrogen) atoms. The van der Waals surface area contributed by atoms with Gasteiger partial charge in [-0.05, 0) is 24.1 Å². The molecule has 1 N–H and O–H groups in total. The first-order valence-corrected chi connectivity index (χ1v) is 4.90. The summed E-state index contributed by atoms with van der Waals surface area (Å²) in [5.74, 6) is -0.309. The molecule has 82 valence electrons. The Morgan fingerprint density at radius 3 is 2.75 bits per heavy atom. The summed E-state index contributed by atoms with van der Waals surface area (Å²) in [5.41, 5.74) is 3.51. The van der Waals surface area contributed by atoms with Crippen molar-refractivity contribution in [2.24, 2.45) is 0 Å². The van der Waals surface area contributed by atoms with Crippen LogP contribution < -0.4 is 0 Å². The van der Waals surface area contributed by atoms with Crippen LogP contribution in [0.5, 0.6) is 0 Å². The molecular weight excluding hydrogens is 204 g/mol. The molecule has 0 fully saturated rings. The Kier molecular flexibility index (Phi) is 2.72. The second-order valence-corrected chi connectivity index (χ2v) is 3.51. The molecular formula is C12H12N2O2. The fourth-order valence-corrected chi connectivity index (χ4v) is 1.59. The van der Waals surface area contributed by atoms with Crippen molar-refractivity contribution in [1.29, 1.82) is 0 Å². The van der Waals surface area contributed by atoms with E-state index in [9.17, 15) is 4.79 Å². The number of ether oxygens (including phenoxy) is 1. The largest absolute Gasteiger partial charge is 0.465 e. The van der Waals surface area contributed by atoms with Gasteiger partial charge in [0.25, 0.3) is 0 Å². The summed E-state index contributed by atoms with van der Waals surface area (Å²) < 4.78 is 4.69. The molecule has 0 saturated heterocycles. The monoisotopic (exact) mass is 216 g/mol. The molecule has 4 nitrogen and oxygen atoms in total. The first-order chi connectivity index (χ1) is 7.72. The van der Waals surface area contributed by atoms with Crippen molar-refractivity contribution < 1.29 is 9.53 Å². The Bertz CT molecular complexity index is 504. The van der Waals surface area contributed by atoms with Gasteiger partial charge in [0, 0.05) is 11.8 Å². The van der Waals surface area contributed by atoms with E-state index in [1.54, 1.807) is 12.3 Å². The molecule has 0 amide bonds. The van der Waals surface area contributed by atoms with Gasteiger partial charge in [-0.2, -0.15) is 5.10 Å². The first-order valence-electron chi connectivity index (χ1n) is 4.90.